The van der Waals surface area contributed by atoms with Crippen molar-refractivity contribution in [3.63, 3.8) is 0 Å². The number of nitro benzene ring substituents is 1. The lowest BCUT2D eigenvalue weighted by Gasteiger charge is -2.10. The van der Waals surface area contributed by atoms with Gasteiger partial charge >= 0.3 is 0 Å². The molecule has 0 saturated heterocycles. The minimum absolute atomic E-state index is 0.690. The van der Waals surface area contributed by atoms with E-state index in [0.717, 1.165) is 18.2 Å². The first-order valence-electron chi connectivity index (χ1n) is 10.5. The van der Waals surface area contributed by atoms with E-state index in [9.17, 15) is 29.9 Å². The summed E-state index contributed by atoms with van der Waals surface area (Å²) in [7, 11) is 8.55. The van der Waals surface area contributed by atoms with Crippen LogP contribution in [0.25, 0.3) is 0 Å². The Balaban J connectivity index is 0.000000261. The molecule has 1 aromatic carbocycles. The van der Waals surface area contributed by atoms with Crippen LogP contribution < -0.4 is 10.2 Å². The lowest BCUT2D eigenvalue weighted by Crippen LogP contribution is -2.30. The normalized spacial score (nSPS) is 19.6. The number of benzene rings is 1. The molecule has 0 spiro atoms. The topological polar surface area (TPSA) is 136 Å². The van der Waals surface area contributed by atoms with E-state index in [1.807, 2.05) is 0 Å². The summed E-state index contributed by atoms with van der Waals surface area (Å²) in [5.74, 6) is -0.982. The molecule has 0 aromatic heterocycles. The van der Waals surface area contributed by atoms with Crippen molar-refractivity contribution in [2.45, 2.75) is 39.8 Å². The molecule has 33 heavy (non-hydrogen) atoms. The van der Waals surface area contributed by atoms with E-state index < -0.39 is 33.7 Å². The first-order valence-corrected chi connectivity index (χ1v) is 10.5. The van der Waals surface area contributed by atoms with Crippen molar-refractivity contribution in [2.75, 3.05) is 41.3 Å². The van der Waals surface area contributed by atoms with E-state index in [4.69, 9.17) is 0 Å². The van der Waals surface area contributed by atoms with Crippen molar-refractivity contribution in [3.05, 3.63) is 39.4 Å². The molecule has 0 aliphatic carbocycles. The second kappa shape index (κ2) is 11.4. The lowest BCUT2D eigenvalue weighted by atomic mass is 10.1. The number of amidine groups is 2. The number of hydrogen-bond acceptors (Lipinski definition) is 8. The van der Waals surface area contributed by atoms with E-state index >= 15 is 0 Å². The minimum atomic E-state index is -1.93. The molecule has 0 saturated carbocycles. The second-order valence-electron chi connectivity index (χ2n) is 8.31. The largest absolute Gasteiger partial charge is 0.545 e. The van der Waals surface area contributed by atoms with Crippen LogP contribution in [0.5, 0.6) is 0 Å². The molecule has 2 unspecified atom stereocenters. The maximum atomic E-state index is 10.5. The summed E-state index contributed by atoms with van der Waals surface area (Å²) in [5, 5.41) is 31.4. The summed E-state index contributed by atoms with van der Waals surface area (Å²) >= 11 is 0. The van der Waals surface area contributed by atoms with Gasteiger partial charge < -0.3 is 19.8 Å². The molecule has 1 aromatic rings. The first-order chi connectivity index (χ1) is 15.2. The molecular weight excluding hydrogens is 430 g/mol. The summed E-state index contributed by atoms with van der Waals surface area (Å²) in [4.78, 5) is 35.0. The highest BCUT2D eigenvalue weighted by molar-refractivity contribution is 6.03. The lowest BCUT2D eigenvalue weighted by molar-refractivity contribution is -0.490. The number of aromatic carboxylic acids is 2. The van der Waals surface area contributed by atoms with Gasteiger partial charge in [-0.1, -0.05) is 12.1 Å². The second-order valence-corrected chi connectivity index (χ2v) is 8.31. The summed E-state index contributed by atoms with van der Waals surface area (Å²) in [5.41, 5.74) is -2.59. The van der Waals surface area contributed by atoms with Crippen LogP contribution in [0.3, 0.4) is 0 Å². The molecule has 11 nitrogen and oxygen atoms in total. The Hall–Kier alpha value is -3.50. The Labute approximate surface area is 194 Å². The SMILES string of the molecule is CC1=[N+](C)CC(C)N1C.CC1=[N+](C)CC(C)N1C.O=C([O-])c1cccc([N+](=O)[O-])c1C(=O)[O-]. The van der Waals surface area contributed by atoms with E-state index in [1.54, 1.807) is 0 Å². The van der Waals surface area contributed by atoms with Crippen LogP contribution in [0.4, 0.5) is 5.69 Å². The van der Waals surface area contributed by atoms with Crippen LogP contribution in [0.15, 0.2) is 18.2 Å². The van der Waals surface area contributed by atoms with Crippen molar-refractivity contribution >= 4 is 29.3 Å². The quantitative estimate of drug-likeness (QED) is 0.319. The van der Waals surface area contributed by atoms with Gasteiger partial charge in [0.05, 0.1) is 50.6 Å². The molecule has 0 amide bonds. The van der Waals surface area contributed by atoms with Crippen LogP contribution in [0.2, 0.25) is 0 Å². The summed E-state index contributed by atoms with van der Waals surface area (Å²) in [6.07, 6.45) is 0. The van der Waals surface area contributed by atoms with Crippen LogP contribution in [0.1, 0.15) is 48.4 Å². The number of nitro groups is 1. The van der Waals surface area contributed by atoms with Crippen LogP contribution in [-0.4, -0.2) is 101 Å². The Morgan fingerprint density at radius 1 is 0.939 bits per heavy atom. The molecular formula is C22H33N5O6. The average molecular weight is 464 g/mol. The highest BCUT2D eigenvalue weighted by atomic mass is 16.6. The van der Waals surface area contributed by atoms with Crippen LogP contribution in [0, 0.1) is 10.1 Å². The summed E-state index contributed by atoms with van der Waals surface area (Å²) in [6.45, 7) is 11.1. The van der Waals surface area contributed by atoms with Crippen LogP contribution >= 0.6 is 0 Å². The predicted molar refractivity (Wildman–Crippen MR) is 120 cm³/mol. The van der Waals surface area contributed by atoms with Crippen molar-refractivity contribution in [2.24, 2.45) is 0 Å². The fourth-order valence-electron chi connectivity index (χ4n) is 3.56. The number of rotatable bonds is 3. The first kappa shape index (κ1) is 27.5. The third-order valence-electron chi connectivity index (χ3n) is 6.19. The summed E-state index contributed by atoms with van der Waals surface area (Å²) < 4.78 is 4.56. The third-order valence-corrected chi connectivity index (χ3v) is 6.19. The van der Waals surface area contributed by atoms with E-state index in [2.05, 4.69) is 74.8 Å². The van der Waals surface area contributed by atoms with E-state index in [0.29, 0.717) is 12.1 Å². The third kappa shape index (κ3) is 6.74. The molecule has 2 aliphatic rings. The number of carboxylic acids is 2. The van der Waals surface area contributed by atoms with Gasteiger partial charge in [-0.3, -0.25) is 29.1 Å². The van der Waals surface area contributed by atoms with Gasteiger partial charge in [-0.2, -0.15) is 0 Å². The number of likely N-dealkylation sites (N-methyl/N-ethyl adjacent to an activating group) is 4. The molecule has 0 N–H and O–H groups in total. The molecule has 11 heteroatoms. The van der Waals surface area contributed by atoms with Crippen molar-refractivity contribution in [3.8, 4) is 0 Å². The standard InChI is InChI=1S/C8H5NO6.2C7H15N2/c10-7(11)4-2-1-3-5(9(14)15)6(4)8(12)13;2*1-6-5-8(3)7(2)9(6)4/h1-3H,(H,10,11)(H,12,13);2*6H,5H2,1-4H3/q;2*+1/p-2. The molecule has 2 heterocycles. The highest BCUT2D eigenvalue weighted by Crippen LogP contribution is 2.21. The Morgan fingerprint density at radius 3 is 1.58 bits per heavy atom. The predicted octanol–water partition coefficient (Wildman–Crippen LogP) is -0.916. The average Bonchev–Trinajstić information content (AvgIpc) is 3.10. The maximum Gasteiger partial charge on any atom is 0.279 e. The molecule has 182 valence electrons. The fourth-order valence-corrected chi connectivity index (χ4v) is 3.56. The van der Waals surface area contributed by atoms with Crippen molar-refractivity contribution in [1.29, 1.82) is 0 Å². The zero-order valence-corrected chi connectivity index (χ0v) is 20.5. The maximum absolute atomic E-state index is 10.5. The van der Waals surface area contributed by atoms with Gasteiger partial charge in [-0.25, -0.2) is 0 Å². The van der Waals surface area contributed by atoms with Crippen LogP contribution in [-0.2, 0) is 0 Å². The van der Waals surface area contributed by atoms with Gasteiger partial charge in [0.15, 0.2) is 0 Å². The number of nitrogens with zero attached hydrogens (tertiary/aromatic N) is 5. The van der Waals surface area contributed by atoms with Gasteiger partial charge in [0.2, 0.25) is 11.7 Å². The van der Waals surface area contributed by atoms with Gasteiger partial charge in [-0.15, -0.1) is 0 Å². The van der Waals surface area contributed by atoms with Gasteiger partial charge in [0.1, 0.15) is 25.2 Å². The van der Waals surface area contributed by atoms with Gasteiger partial charge in [0, 0.05) is 25.5 Å². The number of carboxylic acid groups (broad SMARTS) is 2. The Morgan fingerprint density at radius 2 is 1.36 bits per heavy atom. The molecule has 0 bridgehead atoms. The molecule has 2 aliphatic heterocycles. The van der Waals surface area contributed by atoms with E-state index in [1.165, 1.54) is 24.8 Å². The number of carbonyl (C=O) groups is 2. The van der Waals surface area contributed by atoms with Crippen molar-refractivity contribution in [1.82, 2.24) is 9.80 Å². The molecule has 0 fully saturated rings. The highest BCUT2D eigenvalue weighted by Gasteiger charge is 2.28. The Kier molecular flexibility index (Phi) is 9.50. The molecule has 3 rings (SSSR count). The molecule has 0 radical (unpaired) electrons. The molecule has 2 atom stereocenters. The monoisotopic (exact) mass is 463 g/mol. The van der Waals surface area contributed by atoms with Crippen molar-refractivity contribution < 1.29 is 33.9 Å². The van der Waals surface area contributed by atoms with Gasteiger partial charge in [0.25, 0.3) is 5.69 Å². The Bertz CT molecular complexity index is 919. The van der Waals surface area contributed by atoms with E-state index in [-0.39, 0.29) is 0 Å². The zero-order valence-electron chi connectivity index (χ0n) is 20.5. The summed E-state index contributed by atoms with van der Waals surface area (Å²) in [6, 6.07) is 4.20. The van der Waals surface area contributed by atoms with Gasteiger partial charge in [-0.05, 0) is 13.8 Å². The zero-order chi connectivity index (χ0) is 25.6. The fraction of sp³-hybridized carbons (Fsp3) is 0.545. The number of hydrogen-bond donors (Lipinski definition) is 0. The minimum Gasteiger partial charge on any atom is -0.545 e. The smallest absolute Gasteiger partial charge is 0.279 e. The number of carbonyl (C=O) groups excluding carboxylic acids is 2.